The van der Waals surface area contributed by atoms with Crippen molar-refractivity contribution in [1.82, 2.24) is 4.90 Å². The number of nitrogens with zero attached hydrogens (tertiary/aromatic N) is 1. The highest BCUT2D eigenvalue weighted by Gasteiger charge is 2.29. The number of hydrogen-bond acceptors (Lipinski definition) is 2. The van der Waals surface area contributed by atoms with Crippen LogP contribution in [0.5, 0.6) is 0 Å². The molecule has 1 amide bonds. The Labute approximate surface area is 105 Å². The van der Waals surface area contributed by atoms with E-state index in [0.29, 0.717) is 0 Å². The molecule has 0 fully saturated rings. The lowest BCUT2D eigenvalue weighted by Gasteiger charge is -2.34. The number of amides is 1. The van der Waals surface area contributed by atoms with Crippen LogP contribution in [0.1, 0.15) is 31.1 Å². The first-order valence-electron chi connectivity index (χ1n) is 5.51. The summed E-state index contributed by atoms with van der Waals surface area (Å²) in [7, 11) is 0. The topological polar surface area (TPSA) is 57.6 Å². The van der Waals surface area contributed by atoms with Crippen LogP contribution in [0.15, 0.2) is 24.3 Å². The van der Waals surface area contributed by atoms with Gasteiger partial charge in [0, 0.05) is 11.1 Å². The van der Waals surface area contributed by atoms with Gasteiger partial charge < -0.3 is 10.0 Å². The summed E-state index contributed by atoms with van der Waals surface area (Å²) in [6.45, 7) is 4.85. The fourth-order valence-electron chi connectivity index (χ4n) is 1.50. The van der Waals surface area contributed by atoms with E-state index in [1.54, 1.807) is 20.8 Å². The molecule has 18 heavy (non-hydrogen) atoms. The van der Waals surface area contributed by atoms with Gasteiger partial charge in [-0.1, -0.05) is 0 Å². The minimum absolute atomic E-state index is 0.271. The number of halogens is 1. The maximum atomic E-state index is 12.8. The molecule has 0 atom stereocenters. The number of carboxylic acid groups (broad SMARTS) is 1. The number of hydrogen-bond donors (Lipinski definition) is 1. The van der Waals surface area contributed by atoms with E-state index >= 15 is 0 Å². The first kappa shape index (κ1) is 14.2. The summed E-state index contributed by atoms with van der Waals surface area (Å²) in [4.78, 5) is 24.2. The van der Waals surface area contributed by atoms with E-state index in [4.69, 9.17) is 5.11 Å². The lowest BCUT2D eigenvalue weighted by Crippen LogP contribution is -2.48. The van der Waals surface area contributed by atoms with Crippen molar-refractivity contribution in [1.29, 1.82) is 0 Å². The predicted molar refractivity (Wildman–Crippen MR) is 64.8 cm³/mol. The SMILES string of the molecule is CC(C)(C)N(CC(=O)O)C(=O)c1ccc(F)cc1. The van der Waals surface area contributed by atoms with Gasteiger partial charge in [0.25, 0.3) is 5.91 Å². The van der Waals surface area contributed by atoms with E-state index in [0.717, 1.165) is 0 Å². The molecule has 0 aliphatic rings. The monoisotopic (exact) mass is 253 g/mol. The Balaban J connectivity index is 3.02. The molecule has 4 nitrogen and oxygen atoms in total. The third-order valence-corrected chi connectivity index (χ3v) is 2.44. The van der Waals surface area contributed by atoms with Crippen molar-refractivity contribution >= 4 is 11.9 Å². The molecule has 0 unspecified atom stereocenters. The lowest BCUT2D eigenvalue weighted by molar-refractivity contribution is -0.138. The van der Waals surface area contributed by atoms with Gasteiger partial charge in [-0.05, 0) is 45.0 Å². The van der Waals surface area contributed by atoms with Crippen LogP contribution in [0, 0.1) is 5.82 Å². The minimum Gasteiger partial charge on any atom is -0.480 e. The first-order chi connectivity index (χ1) is 8.21. The van der Waals surface area contributed by atoms with E-state index in [1.165, 1.54) is 29.2 Å². The van der Waals surface area contributed by atoms with Crippen LogP contribution in [-0.2, 0) is 4.79 Å². The molecule has 0 aliphatic heterocycles. The van der Waals surface area contributed by atoms with Crippen LogP contribution in [-0.4, -0.2) is 34.0 Å². The first-order valence-corrected chi connectivity index (χ1v) is 5.51. The zero-order chi connectivity index (χ0) is 13.9. The van der Waals surface area contributed by atoms with Crippen molar-refractivity contribution < 1.29 is 19.1 Å². The molecule has 0 spiro atoms. The Kier molecular flexibility index (Phi) is 4.06. The summed E-state index contributed by atoms with van der Waals surface area (Å²) in [5.74, 6) is -1.95. The van der Waals surface area contributed by atoms with Gasteiger partial charge in [-0.15, -0.1) is 0 Å². The van der Waals surface area contributed by atoms with Crippen molar-refractivity contribution in [2.75, 3.05) is 6.54 Å². The Bertz CT molecular complexity index is 448. The Morgan fingerprint density at radius 1 is 1.22 bits per heavy atom. The average Bonchev–Trinajstić information content (AvgIpc) is 2.24. The normalized spacial score (nSPS) is 11.1. The summed E-state index contributed by atoms with van der Waals surface area (Å²) in [5.41, 5.74) is -0.350. The maximum Gasteiger partial charge on any atom is 0.323 e. The fourth-order valence-corrected chi connectivity index (χ4v) is 1.50. The molecule has 0 aromatic heterocycles. The van der Waals surface area contributed by atoms with Crippen LogP contribution >= 0.6 is 0 Å². The van der Waals surface area contributed by atoms with Crippen molar-refractivity contribution in [3.05, 3.63) is 35.6 Å². The Morgan fingerprint density at radius 2 is 1.72 bits per heavy atom. The molecular weight excluding hydrogens is 237 g/mol. The van der Waals surface area contributed by atoms with E-state index in [2.05, 4.69) is 0 Å². The van der Waals surface area contributed by atoms with Gasteiger partial charge in [0.1, 0.15) is 12.4 Å². The van der Waals surface area contributed by atoms with Gasteiger partial charge in [-0.25, -0.2) is 4.39 Å². The van der Waals surface area contributed by atoms with Crippen LogP contribution in [0.3, 0.4) is 0 Å². The van der Waals surface area contributed by atoms with Crippen molar-refractivity contribution in [3.8, 4) is 0 Å². The lowest BCUT2D eigenvalue weighted by atomic mass is 10.0. The molecule has 0 bridgehead atoms. The summed E-state index contributed by atoms with van der Waals surface area (Å²) in [6.07, 6.45) is 0. The highest BCUT2D eigenvalue weighted by atomic mass is 19.1. The number of rotatable bonds is 3. The van der Waals surface area contributed by atoms with E-state index < -0.39 is 23.2 Å². The van der Waals surface area contributed by atoms with Crippen LogP contribution in [0.25, 0.3) is 0 Å². The summed E-state index contributed by atoms with van der Waals surface area (Å²) >= 11 is 0. The molecule has 0 saturated carbocycles. The largest absolute Gasteiger partial charge is 0.480 e. The third-order valence-electron chi connectivity index (χ3n) is 2.44. The second kappa shape index (κ2) is 5.16. The molecule has 98 valence electrons. The molecule has 1 aromatic rings. The summed E-state index contributed by atoms with van der Waals surface area (Å²) < 4.78 is 12.8. The number of carbonyl (C=O) groups excluding carboxylic acids is 1. The number of carboxylic acids is 1. The third kappa shape index (κ3) is 3.55. The van der Waals surface area contributed by atoms with Gasteiger partial charge in [-0.2, -0.15) is 0 Å². The average molecular weight is 253 g/mol. The molecule has 0 saturated heterocycles. The second-order valence-corrected chi connectivity index (χ2v) is 4.96. The van der Waals surface area contributed by atoms with Crippen LogP contribution < -0.4 is 0 Å². The van der Waals surface area contributed by atoms with Crippen molar-refractivity contribution in [2.24, 2.45) is 0 Å². The fraction of sp³-hybridized carbons (Fsp3) is 0.385. The molecule has 5 heteroatoms. The van der Waals surface area contributed by atoms with Gasteiger partial charge in [0.2, 0.25) is 0 Å². The number of aliphatic carboxylic acids is 1. The molecule has 0 radical (unpaired) electrons. The summed E-state index contributed by atoms with van der Waals surface area (Å²) in [6, 6.07) is 5.04. The Hall–Kier alpha value is -1.91. The van der Waals surface area contributed by atoms with Gasteiger partial charge in [0.05, 0.1) is 0 Å². The van der Waals surface area contributed by atoms with Crippen molar-refractivity contribution in [3.63, 3.8) is 0 Å². The smallest absolute Gasteiger partial charge is 0.323 e. The minimum atomic E-state index is -1.08. The predicted octanol–water partition coefficient (Wildman–Crippen LogP) is 2.15. The van der Waals surface area contributed by atoms with Crippen molar-refractivity contribution in [2.45, 2.75) is 26.3 Å². The van der Waals surface area contributed by atoms with Gasteiger partial charge >= 0.3 is 5.97 Å². The second-order valence-electron chi connectivity index (χ2n) is 4.96. The van der Waals surface area contributed by atoms with Crippen LogP contribution in [0.4, 0.5) is 4.39 Å². The quantitative estimate of drug-likeness (QED) is 0.898. The molecule has 1 N–H and O–H groups in total. The maximum absolute atomic E-state index is 12.8. The van der Waals surface area contributed by atoms with Crippen LogP contribution in [0.2, 0.25) is 0 Å². The van der Waals surface area contributed by atoms with E-state index in [1.807, 2.05) is 0 Å². The van der Waals surface area contributed by atoms with E-state index in [-0.39, 0.29) is 12.1 Å². The number of benzene rings is 1. The van der Waals surface area contributed by atoms with Gasteiger partial charge in [-0.3, -0.25) is 9.59 Å². The van der Waals surface area contributed by atoms with Gasteiger partial charge in [0.15, 0.2) is 0 Å². The number of carbonyl (C=O) groups is 2. The highest BCUT2D eigenvalue weighted by Crippen LogP contribution is 2.17. The van der Waals surface area contributed by atoms with E-state index in [9.17, 15) is 14.0 Å². The molecule has 0 heterocycles. The highest BCUT2D eigenvalue weighted by molar-refractivity contribution is 5.96. The zero-order valence-corrected chi connectivity index (χ0v) is 10.6. The molecule has 1 rings (SSSR count). The molecule has 0 aliphatic carbocycles. The molecule has 1 aromatic carbocycles. The Morgan fingerprint density at radius 3 is 2.11 bits per heavy atom. The molecular formula is C13H16FNO3. The zero-order valence-electron chi connectivity index (χ0n) is 10.6. The summed E-state index contributed by atoms with van der Waals surface area (Å²) in [5, 5.41) is 8.83. The standard InChI is InChI=1S/C13H16FNO3/c1-13(2,3)15(8-11(16)17)12(18)9-4-6-10(14)7-5-9/h4-7H,8H2,1-3H3,(H,16,17).